The van der Waals surface area contributed by atoms with E-state index in [9.17, 15) is 0 Å². The van der Waals surface area contributed by atoms with Gasteiger partial charge in [0.1, 0.15) is 11.5 Å². The zero-order chi connectivity index (χ0) is 8.27. The molecular formula is C7H8N2O2. The SMILES string of the molecule is NN=Cc1cc(O)cc(O)c1. The molecule has 0 unspecified atom stereocenters. The Hall–Kier alpha value is -1.71. The molecule has 0 amide bonds. The van der Waals surface area contributed by atoms with Crippen LogP contribution in [-0.4, -0.2) is 16.4 Å². The van der Waals surface area contributed by atoms with Crippen LogP contribution < -0.4 is 5.84 Å². The molecule has 1 aromatic rings. The fourth-order valence-corrected chi connectivity index (χ4v) is 0.779. The van der Waals surface area contributed by atoms with Crippen LogP contribution in [0.5, 0.6) is 11.5 Å². The number of benzene rings is 1. The van der Waals surface area contributed by atoms with Crippen LogP contribution in [0.3, 0.4) is 0 Å². The highest BCUT2D eigenvalue weighted by molar-refractivity contribution is 5.80. The Labute approximate surface area is 63.6 Å². The molecule has 0 radical (unpaired) electrons. The number of aromatic hydroxyl groups is 2. The van der Waals surface area contributed by atoms with Gasteiger partial charge in [0.05, 0.1) is 6.21 Å². The van der Waals surface area contributed by atoms with Gasteiger partial charge in [-0.15, -0.1) is 0 Å². The highest BCUT2D eigenvalue weighted by Gasteiger charge is 1.95. The largest absolute Gasteiger partial charge is 0.508 e. The first-order chi connectivity index (χ1) is 5.22. The topological polar surface area (TPSA) is 78.8 Å². The molecule has 1 rings (SSSR count). The van der Waals surface area contributed by atoms with Gasteiger partial charge in [0.25, 0.3) is 0 Å². The van der Waals surface area contributed by atoms with Crippen molar-refractivity contribution in [2.45, 2.75) is 0 Å². The maximum absolute atomic E-state index is 8.96. The summed E-state index contributed by atoms with van der Waals surface area (Å²) in [5.74, 6) is 4.84. The number of hydrogen-bond acceptors (Lipinski definition) is 4. The van der Waals surface area contributed by atoms with Gasteiger partial charge in [-0.05, 0) is 12.1 Å². The summed E-state index contributed by atoms with van der Waals surface area (Å²) in [6, 6.07) is 4.11. The number of nitrogens with two attached hydrogens (primary N) is 1. The Balaban J connectivity index is 3.08. The number of rotatable bonds is 1. The van der Waals surface area contributed by atoms with E-state index in [0.29, 0.717) is 5.56 Å². The molecule has 0 heterocycles. The summed E-state index contributed by atoms with van der Waals surface area (Å²) in [4.78, 5) is 0. The summed E-state index contributed by atoms with van der Waals surface area (Å²) >= 11 is 0. The molecule has 11 heavy (non-hydrogen) atoms. The van der Waals surface area contributed by atoms with E-state index in [1.165, 1.54) is 24.4 Å². The average molecular weight is 152 g/mol. The fraction of sp³-hybridized carbons (Fsp3) is 0. The second kappa shape index (κ2) is 2.92. The smallest absolute Gasteiger partial charge is 0.119 e. The van der Waals surface area contributed by atoms with Gasteiger partial charge in [0.15, 0.2) is 0 Å². The lowest BCUT2D eigenvalue weighted by atomic mass is 10.2. The molecule has 0 saturated heterocycles. The van der Waals surface area contributed by atoms with Crippen LogP contribution in [0.1, 0.15) is 5.56 Å². The van der Waals surface area contributed by atoms with Crippen LogP contribution in [0, 0.1) is 0 Å². The summed E-state index contributed by atoms with van der Waals surface area (Å²) in [6.45, 7) is 0. The lowest BCUT2D eigenvalue weighted by Crippen LogP contribution is -1.85. The average Bonchev–Trinajstić information content (AvgIpc) is 1.85. The van der Waals surface area contributed by atoms with Gasteiger partial charge in [-0.25, -0.2) is 0 Å². The molecule has 58 valence electrons. The number of nitrogens with zero attached hydrogens (tertiary/aromatic N) is 1. The van der Waals surface area contributed by atoms with Crippen molar-refractivity contribution in [1.82, 2.24) is 0 Å². The van der Waals surface area contributed by atoms with Crippen molar-refractivity contribution in [3.63, 3.8) is 0 Å². The van der Waals surface area contributed by atoms with Crippen LogP contribution in [0.15, 0.2) is 23.3 Å². The number of phenolic OH excluding ortho intramolecular Hbond substituents is 2. The first-order valence-electron chi connectivity index (χ1n) is 2.98. The summed E-state index contributed by atoms with van der Waals surface area (Å²) in [5.41, 5.74) is 0.560. The highest BCUT2D eigenvalue weighted by Crippen LogP contribution is 2.18. The molecule has 1 aromatic carbocycles. The van der Waals surface area contributed by atoms with Crippen molar-refractivity contribution in [2.24, 2.45) is 10.9 Å². The third kappa shape index (κ3) is 1.86. The molecule has 0 aliphatic heterocycles. The minimum Gasteiger partial charge on any atom is -0.508 e. The van der Waals surface area contributed by atoms with E-state index in [-0.39, 0.29) is 11.5 Å². The monoisotopic (exact) mass is 152 g/mol. The van der Waals surface area contributed by atoms with Gasteiger partial charge >= 0.3 is 0 Å². The van der Waals surface area contributed by atoms with E-state index in [2.05, 4.69) is 5.10 Å². The summed E-state index contributed by atoms with van der Waals surface area (Å²) in [7, 11) is 0. The van der Waals surface area contributed by atoms with E-state index in [0.717, 1.165) is 0 Å². The van der Waals surface area contributed by atoms with Gasteiger partial charge in [-0.1, -0.05) is 0 Å². The molecule has 4 N–H and O–H groups in total. The normalized spacial score (nSPS) is 10.5. The quantitative estimate of drug-likeness (QED) is 0.309. The first kappa shape index (κ1) is 7.40. The van der Waals surface area contributed by atoms with Crippen molar-refractivity contribution >= 4 is 6.21 Å². The lowest BCUT2D eigenvalue weighted by Gasteiger charge is -1.95. The van der Waals surface area contributed by atoms with Crippen LogP contribution in [0.25, 0.3) is 0 Å². The molecule has 0 atom stereocenters. The van der Waals surface area contributed by atoms with Crippen LogP contribution in [-0.2, 0) is 0 Å². The second-order valence-electron chi connectivity index (χ2n) is 2.06. The van der Waals surface area contributed by atoms with Gasteiger partial charge < -0.3 is 16.1 Å². The van der Waals surface area contributed by atoms with Gasteiger partial charge in [-0.3, -0.25) is 0 Å². The van der Waals surface area contributed by atoms with Crippen molar-refractivity contribution in [1.29, 1.82) is 0 Å². The number of phenols is 2. The van der Waals surface area contributed by atoms with E-state index < -0.39 is 0 Å². The summed E-state index contributed by atoms with van der Waals surface area (Å²) in [6.07, 6.45) is 1.33. The maximum atomic E-state index is 8.96. The van der Waals surface area contributed by atoms with E-state index in [4.69, 9.17) is 16.1 Å². The second-order valence-corrected chi connectivity index (χ2v) is 2.06. The summed E-state index contributed by atoms with van der Waals surface area (Å²) < 4.78 is 0. The molecule has 0 aromatic heterocycles. The van der Waals surface area contributed by atoms with Gasteiger partial charge in [0, 0.05) is 11.6 Å². The Morgan fingerprint density at radius 3 is 2.18 bits per heavy atom. The lowest BCUT2D eigenvalue weighted by molar-refractivity contribution is 0.450. The minimum atomic E-state index is -0.0140. The molecule has 4 nitrogen and oxygen atoms in total. The van der Waals surface area contributed by atoms with Crippen LogP contribution in [0.4, 0.5) is 0 Å². The highest BCUT2D eigenvalue weighted by atomic mass is 16.3. The van der Waals surface area contributed by atoms with E-state index in [1.54, 1.807) is 0 Å². The predicted molar refractivity (Wildman–Crippen MR) is 41.6 cm³/mol. The van der Waals surface area contributed by atoms with Crippen LogP contribution in [0.2, 0.25) is 0 Å². The van der Waals surface area contributed by atoms with E-state index in [1.807, 2.05) is 0 Å². The molecule has 0 bridgehead atoms. The van der Waals surface area contributed by atoms with Gasteiger partial charge in [-0.2, -0.15) is 5.10 Å². The van der Waals surface area contributed by atoms with Crippen molar-refractivity contribution in [2.75, 3.05) is 0 Å². The minimum absolute atomic E-state index is 0.0140. The van der Waals surface area contributed by atoms with E-state index >= 15 is 0 Å². The fourth-order valence-electron chi connectivity index (χ4n) is 0.779. The Bertz CT molecular complexity index is 264. The van der Waals surface area contributed by atoms with Crippen molar-refractivity contribution in [3.05, 3.63) is 23.8 Å². The van der Waals surface area contributed by atoms with Gasteiger partial charge in [0.2, 0.25) is 0 Å². The van der Waals surface area contributed by atoms with Crippen molar-refractivity contribution < 1.29 is 10.2 Å². The number of hydrazone groups is 1. The molecule has 0 spiro atoms. The summed E-state index contributed by atoms with van der Waals surface area (Å²) in [5, 5.41) is 21.2. The Morgan fingerprint density at radius 2 is 1.73 bits per heavy atom. The molecule has 0 aliphatic carbocycles. The molecule has 0 saturated carbocycles. The van der Waals surface area contributed by atoms with Crippen molar-refractivity contribution in [3.8, 4) is 11.5 Å². The third-order valence-electron chi connectivity index (χ3n) is 1.15. The molecular weight excluding hydrogens is 144 g/mol. The zero-order valence-corrected chi connectivity index (χ0v) is 5.73. The third-order valence-corrected chi connectivity index (χ3v) is 1.15. The zero-order valence-electron chi connectivity index (χ0n) is 5.73. The molecule has 4 heteroatoms. The maximum Gasteiger partial charge on any atom is 0.119 e. The number of hydrogen-bond donors (Lipinski definition) is 3. The van der Waals surface area contributed by atoms with Crippen LogP contribution >= 0.6 is 0 Å². The predicted octanol–water partition coefficient (Wildman–Crippen LogP) is 0.390. The standard InChI is InChI=1S/C7H8N2O2/c8-9-4-5-1-6(10)3-7(11)2-5/h1-4,10-11H,8H2. The molecule has 0 fully saturated rings. The Morgan fingerprint density at radius 1 is 1.18 bits per heavy atom. The Kier molecular flexibility index (Phi) is 1.96. The molecule has 0 aliphatic rings. The first-order valence-corrected chi connectivity index (χ1v) is 2.98.